The van der Waals surface area contributed by atoms with Crippen molar-refractivity contribution >= 4 is 46.3 Å². The molecule has 5 nitrogen and oxygen atoms in total. The first kappa shape index (κ1) is 16.4. The van der Waals surface area contributed by atoms with Crippen LogP contribution in [-0.2, 0) is 0 Å². The third kappa shape index (κ3) is 3.69. The van der Waals surface area contributed by atoms with Gasteiger partial charge in [0, 0.05) is 11.8 Å². The van der Waals surface area contributed by atoms with Gasteiger partial charge in [-0.05, 0) is 24.3 Å². The summed E-state index contributed by atoms with van der Waals surface area (Å²) in [5.74, 6) is -1.45. The van der Waals surface area contributed by atoms with Gasteiger partial charge in [0.05, 0.1) is 21.9 Å². The molecule has 0 spiro atoms. The van der Waals surface area contributed by atoms with Crippen molar-refractivity contribution in [2.45, 2.75) is 0 Å². The molecule has 2 aromatic carbocycles. The van der Waals surface area contributed by atoms with Crippen LogP contribution in [0.3, 0.4) is 0 Å². The van der Waals surface area contributed by atoms with Gasteiger partial charge >= 0.3 is 0 Å². The zero-order chi connectivity index (χ0) is 17.1. The van der Waals surface area contributed by atoms with Crippen LogP contribution in [0.1, 0.15) is 0 Å². The van der Waals surface area contributed by atoms with E-state index in [1.165, 1.54) is 12.3 Å². The fourth-order valence-electron chi connectivity index (χ4n) is 1.86. The average Bonchev–Trinajstić information content (AvgIpc) is 2.56. The highest BCUT2D eigenvalue weighted by atomic mass is 35.5. The van der Waals surface area contributed by atoms with Gasteiger partial charge in [0.25, 0.3) is 0 Å². The lowest BCUT2D eigenvalue weighted by Gasteiger charge is -2.09. The molecule has 0 unspecified atom stereocenters. The number of benzene rings is 2. The van der Waals surface area contributed by atoms with Crippen molar-refractivity contribution in [3.05, 3.63) is 64.3 Å². The zero-order valence-corrected chi connectivity index (χ0v) is 13.4. The zero-order valence-electron chi connectivity index (χ0n) is 11.9. The van der Waals surface area contributed by atoms with Gasteiger partial charge in [-0.2, -0.15) is 10.1 Å². The SMILES string of the molecule is Fc1ccc(Nc2cnnc(Nc3cccc(Cl)c3Cl)n2)cc1F. The molecular formula is C15H9Cl2F2N5. The lowest BCUT2D eigenvalue weighted by atomic mass is 10.3. The smallest absolute Gasteiger partial charge is 0.249 e. The fourth-order valence-corrected chi connectivity index (χ4v) is 2.21. The van der Waals surface area contributed by atoms with E-state index in [0.717, 1.165) is 12.1 Å². The molecular weight excluding hydrogens is 359 g/mol. The van der Waals surface area contributed by atoms with E-state index in [1.54, 1.807) is 18.2 Å². The Labute approximate surface area is 145 Å². The van der Waals surface area contributed by atoms with E-state index in [9.17, 15) is 8.78 Å². The van der Waals surface area contributed by atoms with Crippen molar-refractivity contribution in [1.82, 2.24) is 15.2 Å². The van der Waals surface area contributed by atoms with E-state index in [2.05, 4.69) is 25.8 Å². The Balaban J connectivity index is 1.81. The third-order valence-electron chi connectivity index (χ3n) is 2.95. The van der Waals surface area contributed by atoms with E-state index in [-0.39, 0.29) is 11.8 Å². The Morgan fingerprint density at radius 2 is 1.79 bits per heavy atom. The van der Waals surface area contributed by atoms with Crippen molar-refractivity contribution in [3.63, 3.8) is 0 Å². The number of aromatic nitrogens is 3. The van der Waals surface area contributed by atoms with Crippen LogP contribution in [0.5, 0.6) is 0 Å². The Hall–Kier alpha value is -2.51. The molecule has 122 valence electrons. The van der Waals surface area contributed by atoms with Crippen LogP contribution in [0.2, 0.25) is 10.0 Å². The van der Waals surface area contributed by atoms with Crippen LogP contribution in [0.4, 0.5) is 31.9 Å². The molecule has 0 fully saturated rings. The molecule has 1 heterocycles. The Kier molecular flexibility index (Phi) is 4.73. The molecule has 0 amide bonds. The van der Waals surface area contributed by atoms with Crippen LogP contribution >= 0.6 is 23.2 Å². The summed E-state index contributed by atoms with van der Waals surface area (Å²) in [6.07, 6.45) is 1.34. The number of hydrogen-bond donors (Lipinski definition) is 2. The summed E-state index contributed by atoms with van der Waals surface area (Å²) < 4.78 is 26.2. The highest BCUT2D eigenvalue weighted by Crippen LogP contribution is 2.31. The van der Waals surface area contributed by atoms with E-state index in [4.69, 9.17) is 23.2 Å². The van der Waals surface area contributed by atoms with Crippen LogP contribution in [-0.4, -0.2) is 15.2 Å². The maximum atomic E-state index is 13.2. The topological polar surface area (TPSA) is 62.7 Å². The van der Waals surface area contributed by atoms with Crippen molar-refractivity contribution in [1.29, 1.82) is 0 Å². The van der Waals surface area contributed by atoms with E-state index in [1.807, 2.05) is 0 Å². The number of rotatable bonds is 4. The molecule has 1 aromatic heterocycles. The standard InChI is InChI=1S/C15H9Cl2F2N5/c16-9-2-1-3-12(14(9)17)22-15-23-13(7-20-24-15)21-8-4-5-10(18)11(19)6-8/h1-7H,(H2,21,22,23,24). The minimum atomic E-state index is -0.967. The normalized spacial score (nSPS) is 10.5. The molecule has 0 aliphatic rings. The number of anilines is 4. The summed E-state index contributed by atoms with van der Waals surface area (Å²) in [6.45, 7) is 0. The summed E-state index contributed by atoms with van der Waals surface area (Å²) >= 11 is 12.0. The molecule has 3 rings (SSSR count). The van der Waals surface area contributed by atoms with E-state index in [0.29, 0.717) is 21.4 Å². The molecule has 0 saturated heterocycles. The summed E-state index contributed by atoms with van der Waals surface area (Å²) in [5, 5.41) is 14.0. The van der Waals surface area contributed by atoms with Crippen molar-refractivity contribution in [2.24, 2.45) is 0 Å². The van der Waals surface area contributed by atoms with Gasteiger partial charge in [0.1, 0.15) is 0 Å². The van der Waals surface area contributed by atoms with E-state index < -0.39 is 11.6 Å². The Morgan fingerprint density at radius 1 is 0.958 bits per heavy atom. The van der Waals surface area contributed by atoms with Gasteiger partial charge in [-0.3, -0.25) is 0 Å². The Morgan fingerprint density at radius 3 is 2.58 bits per heavy atom. The fraction of sp³-hybridized carbons (Fsp3) is 0. The molecule has 0 bridgehead atoms. The second-order valence-corrected chi connectivity index (χ2v) is 5.43. The highest BCUT2D eigenvalue weighted by Gasteiger charge is 2.08. The van der Waals surface area contributed by atoms with Crippen LogP contribution in [0, 0.1) is 11.6 Å². The predicted molar refractivity (Wildman–Crippen MR) is 89.2 cm³/mol. The quantitative estimate of drug-likeness (QED) is 0.683. The average molecular weight is 368 g/mol. The van der Waals surface area contributed by atoms with Gasteiger partial charge < -0.3 is 10.6 Å². The monoisotopic (exact) mass is 367 g/mol. The highest BCUT2D eigenvalue weighted by molar-refractivity contribution is 6.43. The summed E-state index contributed by atoms with van der Waals surface area (Å²) in [5.41, 5.74) is 0.831. The van der Waals surface area contributed by atoms with Gasteiger partial charge in [0.2, 0.25) is 5.95 Å². The molecule has 0 atom stereocenters. The van der Waals surface area contributed by atoms with Gasteiger partial charge in [0.15, 0.2) is 17.5 Å². The second-order valence-electron chi connectivity index (χ2n) is 4.65. The largest absolute Gasteiger partial charge is 0.339 e. The first-order chi connectivity index (χ1) is 11.5. The van der Waals surface area contributed by atoms with Crippen LogP contribution in [0.25, 0.3) is 0 Å². The summed E-state index contributed by atoms with van der Waals surface area (Å²) in [6, 6.07) is 8.46. The summed E-state index contributed by atoms with van der Waals surface area (Å²) in [7, 11) is 0. The maximum absolute atomic E-state index is 13.2. The minimum Gasteiger partial charge on any atom is -0.339 e. The first-order valence-corrected chi connectivity index (χ1v) is 7.41. The van der Waals surface area contributed by atoms with Crippen LogP contribution < -0.4 is 10.6 Å². The first-order valence-electron chi connectivity index (χ1n) is 6.66. The number of halogens is 4. The third-order valence-corrected chi connectivity index (χ3v) is 3.77. The van der Waals surface area contributed by atoms with Gasteiger partial charge in [-0.25, -0.2) is 8.78 Å². The predicted octanol–water partition coefficient (Wildman–Crippen LogP) is 4.94. The van der Waals surface area contributed by atoms with Crippen LogP contribution in [0.15, 0.2) is 42.6 Å². The van der Waals surface area contributed by atoms with Gasteiger partial charge in [-0.15, -0.1) is 5.10 Å². The lowest BCUT2D eigenvalue weighted by Crippen LogP contribution is -2.03. The maximum Gasteiger partial charge on any atom is 0.249 e. The van der Waals surface area contributed by atoms with Crippen molar-refractivity contribution < 1.29 is 8.78 Å². The summed E-state index contributed by atoms with van der Waals surface area (Å²) in [4.78, 5) is 4.17. The molecule has 0 saturated carbocycles. The molecule has 3 aromatic rings. The molecule has 0 aliphatic carbocycles. The van der Waals surface area contributed by atoms with Crippen molar-refractivity contribution in [2.75, 3.05) is 10.6 Å². The minimum absolute atomic E-state index is 0.159. The molecule has 9 heteroatoms. The molecule has 0 aliphatic heterocycles. The lowest BCUT2D eigenvalue weighted by molar-refractivity contribution is 0.509. The van der Waals surface area contributed by atoms with Gasteiger partial charge in [-0.1, -0.05) is 29.3 Å². The molecule has 2 N–H and O–H groups in total. The number of hydrogen-bond acceptors (Lipinski definition) is 5. The molecule has 24 heavy (non-hydrogen) atoms. The second kappa shape index (κ2) is 6.94. The number of nitrogens with one attached hydrogen (secondary N) is 2. The van der Waals surface area contributed by atoms with Crippen molar-refractivity contribution in [3.8, 4) is 0 Å². The molecule has 0 radical (unpaired) electrons. The Bertz CT molecular complexity index is 891. The number of nitrogens with zero attached hydrogens (tertiary/aromatic N) is 3. The van der Waals surface area contributed by atoms with E-state index >= 15 is 0 Å².